The van der Waals surface area contributed by atoms with Crippen LogP contribution in [0.2, 0.25) is 5.02 Å². The first-order valence-electron chi connectivity index (χ1n) is 8.40. The molecule has 0 spiro atoms. The summed E-state index contributed by atoms with van der Waals surface area (Å²) in [5.41, 5.74) is 3.16. The second kappa shape index (κ2) is 8.06. The van der Waals surface area contributed by atoms with E-state index in [1.54, 1.807) is 6.92 Å². The first-order valence-corrected chi connectivity index (χ1v) is 9.76. The molecule has 2 aromatic carbocycles. The number of ketones is 1. The summed E-state index contributed by atoms with van der Waals surface area (Å²) in [5.74, 6) is 1.55. The minimum absolute atomic E-state index is 0.106. The molecule has 0 radical (unpaired) electrons. The highest BCUT2D eigenvalue weighted by Gasteiger charge is 2.19. The number of hydrogen-bond donors (Lipinski definition) is 0. The summed E-state index contributed by atoms with van der Waals surface area (Å²) in [6.07, 6.45) is 0. The molecule has 0 saturated heterocycles. The zero-order chi connectivity index (χ0) is 18.7. The molecule has 0 aliphatic rings. The van der Waals surface area contributed by atoms with E-state index >= 15 is 0 Å². The van der Waals surface area contributed by atoms with Gasteiger partial charge in [-0.15, -0.1) is 10.2 Å². The number of aromatic nitrogens is 3. The molecular formula is C20H20ClN3OS. The minimum atomic E-state index is 0.106. The van der Waals surface area contributed by atoms with Crippen LogP contribution in [-0.2, 0) is 4.79 Å². The monoisotopic (exact) mass is 385 g/mol. The van der Waals surface area contributed by atoms with Crippen molar-refractivity contribution in [3.05, 3.63) is 59.1 Å². The van der Waals surface area contributed by atoms with Gasteiger partial charge in [0.15, 0.2) is 11.0 Å². The van der Waals surface area contributed by atoms with Crippen LogP contribution in [0.5, 0.6) is 0 Å². The number of carbonyl (C=O) groups excluding carboxylic acids is 1. The molecule has 0 aliphatic heterocycles. The molecule has 3 aromatic rings. The fraction of sp³-hybridized carbons (Fsp3) is 0.250. The van der Waals surface area contributed by atoms with Crippen LogP contribution >= 0.6 is 23.4 Å². The largest absolute Gasteiger partial charge is 0.299 e. The molecule has 0 saturated carbocycles. The number of hydrogen-bond acceptors (Lipinski definition) is 4. The van der Waals surface area contributed by atoms with Gasteiger partial charge in [-0.25, -0.2) is 0 Å². The van der Waals surface area contributed by atoms with Gasteiger partial charge in [-0.3, -0.25) is 9.36 Å². The quantitative estimate of drug-likeness (QED) is 0.533. The highest BCUT2D eigenvalue weighted by atomic mass is 35.5. The van der Waals surface area contributed by atoms with Gasteiger partial charge in [0.05, 0.1) is 11.4 Å². The summed E-state index contributed by atoms with van der Waals surface area (Å²) in [5, 5.41) is 10.1. The Kier molecular flexibility index (Phi) is 5.79. The Morgan fingerprint density at radius 1 is 1.12 bits per heavy atom. The predicted molar refractivity (Wildman–Crippen MR) is 107 cm³/mol. The van der Waals surface area contributed by atoms with Crippen molar-refractivity contribution in [1.82, 2.24) is 14.8 Å². The number of rotatable bonds is 6. The lowest BCUT2D eigenvalue weighted by molar-refractivity contribution is -0.114. The average molecular weight is 386 g/mol. The second-order valence-electron chi connectivity index (χ2n) is 6.35. The Morgan fingerprint density at radius 2 is 1.81 bits per heavy atom. The lowest BCUT2D eigenvalue weighted by Gasteiger charge is -2.16. The third kappa shape index (κ3) is 4.00. The maximum absolute atomic E-state index is 11.5. The highest BCUT2D eigenvalue weighted by molar-refractivity contribution is 7.99. The van der Waals surface area contributed by atoms with E-state index in [4.69, 9.17) is 11.6 Å². The Labute approximate surface area is 162 Å². The lowest BCUT2D eigenvalue weighted by Crippen LogP contribution is -2.05. The Balaban J connectivity index is 2.18. The fourth-order valence-electron chi connectivity index (χ4n) is 2.71. The topological polar surface area (TPSA) is 47.8 Å². The third-order valence-electron chi connectivity index (χ3n) is 3.94. The van der Waals surface area contributed by atoms with Crippen molar-refractivity contribution in [3.63, 3.8) is 0 Å². The molecule has 0 amide bonds. The summed E-state index contributed by atoms with van der Waals surface area (Å²) in [6.45, 7) is 5.90. The van der Waals surface area contributed by atoms with Gasteiger partial charge in [0.1, 0.15) is 5.78 Å². The molecule has 0 aliphatic carbocycles. The maximum atomic E-state index is 11.5. The number of halogens is 1. The van der Waals surface area contributed by atoms with Gasteiger partial charge in [-0.2, -0.15) is 0 Å². The number of thioether (sulfide) groups is 1. The molecule has 6 heteroatoms. The van der Waals surface area contributed by atoms with Gasteiger partial charge in [0.2, 0.25) is 0 Å². The fourth-order valence-corrected chi connectivity index (χ4v) is 3.58. The molecule has 134 valence electrons. The van der Waals surface area contributed by atoms with E-state index < -0.39 is 0 Å². The highest BCUT2D eigenvalue weighted by Crippen LogP contribution is 2.32. The molecule has 0 N–H and O–H groups in total. The van der Waals surface area contributed by atoms with E-state index in [1.807, 2.05) is 41.0 Å². The van der Waals surface area contributed by atoms with E-state index in [0.717, 1.165) is 17.1 Å². The van der Waals surface area contributed by atoms with Crippen LogP contribution in [0, 0.1) is 0 Å². The van der Waals surface area contributed by atoms with Crippen molar-refractivity contribution < 1.29 is 4.79 Å². The van der Waals surface area contributed by atoms with Gasteiger partial charge in [-0.1, -0.05) is 55.4 Å². The molecule has 4 nitrogen and oxygen atoms in total. The van der Waals surface area contributed by atoms with Crippen molar-refractivity contribution in [1.29, 1.82) is 0 Å². The van der Waals surface area contributed by atoms with Crippen molar-refractivity contribution in [2.24, 2.45) is 0 Å². The van der Waals surface area contributed by atoms with E-state index in [-0.39, 0.29) is 5.78 Å². The molecular weight excluding hydrogens is 366 g/mol. The number of nitrogens with zero attached hydrogens (tertiary/aromatic N) is 3. The van der Waals surface area contributed by atoms with Crippen LogP contribution in [0.15, 0.2) is 53.7 Å². The third-order valence-corrected chi connectivity index (χ3v) is 5.27. The molecule has 0 atom stereocenters. The Hall–Kier alpha value is -2.11. The number of para-hydroxylation sites is 1. The summed E-state index contributed by atoms with van der Waals surface area (Å²) in [6, 6.07) is 15.8. The molecule has 1 aromatic heterocycles. The second-order valence-corrected chi connectivity index (χ2v) is 7.73. The zero-order valence-electron chi connectivity index (χ0n) is 14.9. The standard InChI is InChI=1S/C20H20ClN3OS/c1-13(2)17-6-4-5-7-18(17)24-19(15-8-10-16(21)11-9-15)22-23-20(24)26-12-14(3)25/h4-11,13H,12H2,1-3H3. The first kappa shape index (κ1) is 18.7. The molecule has 0 fully saturated rings. The summed E-state index contributed by atoms with van der Waals surface area (Å²) in [4.78, 5) is 11.5. The summed E-state index contributed by atoms with van der Waals surface area (Å²) < 4.78 is 2.03. The van der Waals surface area contributed by atoms with E-state index in [2.05, 4.69) is 36.2 Å². The Bertz CT molecular complexity index is 919. The first-order chi connectivity index (χ1) is 12.5. The van der Waals surface area contributed by atoms with Crippen molar-refractivity contribution in [3.8, 4) is 17.1 Å². The van der Waals surface area contributed by atoms with Crippen LogP contribution in [0.4, 0.5) is 0 Å². The normalized spacial score (nSPS) is 11.1. The zero-order valence-corrected chi connectivity index (χ0v) is 16.5. The summed E-state index contributed by atoms with van der Waals surface area (Å²) in [7, 11) is 0. The minimum Gasteiger partial charge on any atom is -0.299 e. The van der Waals surface area contributed by atoms with Gasteiger partial charge >= 0.3 is 0 Å². The van der Waals surface area contributed by atoms with Crippen LogP contribution in [0.25, 0.3) is 17.1 Å². The van der Waals surface area contributed by atoms with Crippen LogP contribution in [-0.4, -0.2) is 26.3 Å². The van der Waals surface area contributed by atoms with Gasteiger partial charge in [-0.05, 0) is 48.7 Å². The van der Waals surface area contributed by atoms with Crippen LogP contribution in [0.3, 0.4) is 0 Å². The lowest BCUT2D eigenvalue weighted by atomic mass is 10.0. The van der Waals surface area contributed by atoms with Gasteiger partial charge in [0, 0.05) is 10.6 Å². The average Bonchev–Trinajstić information content (AvgIpc) is 3.04. The smallest absolute Gasteiger partial charge is 0.196 e. The van der Waals surface area contributed by atoms with Crippen molar-refractivity contribution in [2.75, 3.05) is 5.75 Å². The number of carbonyl (C=O) groups is 1. The SMILES string of the molecule is CC(=O)CSc1nnc(-c2ccc(Cl)cc2)n1-c1ccccc1C(C)C. The number of benzene rings is 2. The molecule has 1 heterocycles. The number of Topliss-reactive ketones (excluding diaryl/α,β-unsaturated/α-hetero) is 1. The van der Waals surface area contributed by atoms with Crippen LogP contribution < -0.4 is 0 Å². The Morgan fingerprint density at radius 3 is 2.46 bits per heavy atom. The van der Waals surface area contributed by atoms with Gasteiger partial charge in [0.25, 0.3) is 0 Å². The molecule has 26 heavy (non-hydrogen) atoms. The van der Waals surface area contributed by atoms with Crippen molar-refractivity contribution in [2.45, 2.75) is 31.8 Å². The molecule has 3 rings (SSSR count). The molecule has 0 unspecified atom stereocenters. The maximum Gasteiger partial charge on any atom is 0.196 e. The predicted octanol–water partition coefficient (Wildman–Crippen LogP) is 5.39. The van der Waals surface area contributed by atoms with Crippen molar-refractivity contribution >= 4 is 29.1 Å². The van der Waals surface area contributed by atoms with Gasteiger partial charge < -0.3 is 0 Å². The molecule has 0 bridgehead atoms. The summed E-state index contributed by atoms with van der Waals surface area (Å²) >= 11 is 7.43. The van der Waals surface area contributed by atoms with E-state index in [1.165, 1.54) is 17.3 Å². The van der Waals surface area contributed by atoms with E-state index in [0.29, 0.717) is 21.8 Å². The van der Waals surface area contributed by atoms with Crippen LogP contribution in [0.1, 0.15) is 32.3 Å². The van der Waals surface area contributed by atoms with E-state index in [9.17, 15) is 4.79 Å².